The second-order valence-electron chi connectivity index (χ2n) is 7.30. The third kappa shape index (κ3) is 5.05. The minimum Gasteiger partial charge on any atom is -0.755 e. The van der Waals surface area contributed by atoms with E-state index in [-0.39, 0.29) is 23.2 Å². The zero-order chi connectivity index (χ0) is 23.4. The molecule has 2 atom stereocenters. The molecule has 0 aliphatic rings. The quantitative estimate of drug-likeness (QED) is 0.192. The van der Waals surface area contributed by atoms with Crippen LogP contribution in [0.25, 0.3) is 11.0 Å². The molecule has 0 spiro atoms. The Morgan fingerprint density at radius 1 is 1.06 bits per heavy atom. The van der Waals surface area contributed by atoms with E-state index >= 15 is 0 Å². The Bertz CT molecular complexity index is 1310. The van der Waals surface area contributed by atoms with E-state index in [1.54, 1.807) is 36.5 Å². The lowest BCUT2D eigenvalue weighted by molar-refractivity contribution is 0.0940. The Morgan fingerprint density at radius 2 is 1.82 bits per heavy atom. The average Bonchev–Trinajstić information content (AvgIpc) is 2.84. The summed E-state index contributed by atoms with van der Waals surface area (Å²) in [4.78, 5) is 21.9. The summed E-state index contributed by atoms with van der Waals surface area (Å²) in [7, 11) is 0. The number of nitrogens with one attached hydrogen (secondary N) is 1. The van der Waals surface area contributed by atoms with Crippen LogP contribution in [-0.2, 0) is 15.7 Å². The highest BCUT2D eigenvalue weighted by Gasteiger charge is 2.23. The van der Waals surface area contributed by atoms with Gasteiger partial charge in [0.05, 0.1) is 39.8 Å². The highest BCUT2D eigenvalue weighted by Crippen LogP contribution is 2.35. The van der Waals surface area contributed by atoms with Gasteiger partial charge in [-0.3, -0.25) is 23.3 Å². The van der Waals surface area contributed by atoms with Gasteiger partial charge in [-0.25, -0.2) is 0 Å². The van der Waals surface area contributed by atoms with Gasteiger partial charge in [0.2, 0.25) is 0 Å². The van der Waals surface area contributed by atoms with Crippen molar-refractivity contribution in [2.24, 2.45) is 0 Å². The lowest BCUT2D eigenvalue weighted by Gasteiger charge is -2.29. The third-order valence-corrected chi connectivity index (χ3v) is 6.74. The van der Waals surface area contributed by atoms with Gasteiger partial charge in [0.15, 0.2) is 0 Å². The van der Waals surface area contributed by atoms with Crippen LogP contribution in [0.5, 0.6) is 0 Å². The standard InChI is InChI=1S/C24H21IN4O3S/c1-16(18-6-3-2-4-7-18)28-24(30)19-11-10-17(15-25)14-22(19)29(33(31)32)21-9-5-8-20-23(21)27-13-12-26-20/h2-14,16H,15H2,1H3,(H,28,30)(H,31,32)/p-1. The molecule has 0 radical (unpaired) electrons. The van der Waals surface area contributed by atoms with Crippen molar-refractivity contribution < 1.29 is 13.6 Å². The maximum Gasteiger partial charge on any atom is 0.253 e. The highest BCUT2D eigenvalue weighted by molar-refractivity contribution is 14.1. The number of aromatic nitrogens is 2. The van der Waals surface area contributed by atoms with Crippen LogP contribution < -0.4 is 9.62 Å². The highest BCUT2D eigenvalue weighted by atomic mass is 127. The van der Waals surface area contributed by atoms with E-state index in [9.17, 15) is 13.6 Å². The average molecular weight is 571 g/mol. The molecule has 33 heavy (non-hydrogen) atoms. The molecule has 0 aliphatic heterocycles. The van der Waals surface area contributed by atoms with Crippen LogP contribution in [0.2, 0.25) is 0 Å². The molecule has 7 nitrogen and oxygen atoms in total. The number of halogens is 1. The van der Waals surface area contributed by atoms with Gasteiger partial charge in [-0.05, 0) is 42.3 Å². The molecule has 3 aromatic carbocycles. The Morgan fingerprint density at radius 3 is 2.55 bits per heavy atom. The molecule has 4 aromatic rings. The Hall–Kier alpha value is -2.89. The van der Waals surface area contributed by atoms with Crippen molar-refractivity contribution in [1.29, 1.82) is 0 Å². The van der Waals surface area contributed by atoms with Crippen molar-refractivity contribution in [3.05, 3.63) is 95.8 Å². The van der Waals surface area contributed by atoms with E-state index < -0.39 is 11.3 Å². The molecule has 0 fully saturated rings. The number of hydrogen-bond donors (Lipinski definition) is 1. The number of nitrogens with zero attached hydrogens (tertiary/aromatic N) is 3. The number of amides is 1. The summed E-state index contributed by atoms with van der Waals surface area (Å²) >= 11 is -0.513. The zero-order valence-electron chi connectivity index (χ0n) is 17.6. The molecule has 0 bridgehead atoms. The molecule has 9 heteroatoms. The first-order valence-electron chi connectivity index (χ1n) is 10.1. The molecule has 1 aromatic heterocycles. The van der Waals surface area contributed by atoms with Gasteiger partial charge in [-0.15, -0.1) is 0 Å². The molecule has 1 heterocycles. The third-order valence-electron chi connectivity index (χ3n) is 5.17. The first-order valence-corrected chi connectivity index (χ1v) is 12.7. The van der Waals surface area contributed by atoms with Crippen LogP contribution >= 0.6 is 22.6 Å². The Balaban J connectivity index is 1.81. The second-order valence-corrected chi connectivity index (χ2v) is 8.87. The number of fused-ring (bicyclic) bond motifs is 1. The summed E-state index contributed by atoms with van der Waals surface area (Å²) in [6.07, 6.45) is 3.05. The van der Waals surface area contributed by atoms with E-state index in [0.29, 0.717) is 21.1 Å². The van der Waals surface area contributed by atoms with Crippen molar-refractivity contribution in [3.8, 4) is 0 Å². The van der Waals surface area contributed by atoms with Gasteiger partial charge in [0.1, 0.15) is 5.52 Å². The number of anilines is 2. The van der Waals surface area contributed by atoms with Crippen molar-refractivity contribution in [2.45, 2.75) is 17.4 Å². The molecule has 1 amide bonds. The van der Waals surface area contributed by atoms with E-state index in [1.165, 1.54) is 6.20 Å². The summed E-state index contributed by atoms with van der Waals surface area (Å²) < 4.78 is 26.8. The molecule has 0 saturated heterocycles. The second kappa shape index (κ2) is 10.4. The molecule has 1 N–H and O–H groups in total. The van der Waals surface area contributed by atoms with Gasteiger partial charge in [-0.2, -0.15) is 0 Å². The van der Waals surface area contributed by atoms with Gasteiger partial charge in [0.25, 0.3) is 5.91 Å². The zero-order valence-corrected chi connectivity index (χ0v) is 20.6. The summed E-state index contributed by atoms with van der Waals surface area (Å²) in [5, 5.41) is 2.98. The summed E-state index contributed by atoms with van der Waals surface area (Å²) in [5.74, 6) is -0.372. The molecule has 4 rings (SSSR count). The smallest absolute Gasteiger partial charge is 0.253 e. The first-order chi connectivity index (χ1) is 16.0. The van der Waals surface area contributed by atoms with E-state index in [0.717, 1.165) is 15.4 Å². The SMILES string of the molecule is CC(NC(=O)c1ccc(CI)cc1N(c1cccc2nccnc12)S(=O)[O-])c1ccccc1. The Kier molecular flexibility index (Phi) is 7.31. The topological polar surface area (TPSA) is 98.2 Å². The molecule has 2 unspecified atom stereocenters. The van der Waals surface area contributed by atoms with Crippen LogP contribution in [0.4, 0.5) is 11.4 Å². The monoisotopic (exact) mass is 571 g/mol. The number of benzene rings is 3. The fourth-order valence-electron chi connectivity index (χ4n) is 3.55. The molecular formula is C24H20IN4O3S-. The number of carbonyl (C=O) groups excluding carboxylic acids is 1. The van der Waals surface area contributed by atoms with E-state index in [2.05, 4.69) is 37.9 Å². The summed E-state index contributed by atoms with van der Waals surface area (Å²) in [5.41, 5.74) is 3.65. The number of hydrogen-bond acceptors (Lipinski definition) is 5. The van der Waals surface area contributed by atoms with Crippen molar-refractivity contribution >= 4 is 62.2 Å². The van der Waals surface area contributed by atoms with Gasteiger partial charge in [0, 0.05) is 16.8 Å². The molecular weight excluding hydrogens is 551 g/mol. The fourth-order valence-corrected chi connectivity index (χ4v) is 4.65. The predicted octanol–water partition coefficient (Wildman–Crippen LogP) is 4.99. The van der Waals surface area contributed by atoms with Gasteiger partial charge in [-0.1, -0.05) is 65.1 Å². The maximum absolute atomic E-state index is 13.3. The van der Waals surface area contributed by atoms with Crippen molar-refractivity contribution in [3.63, 3.8) is 0 Å². The van der Waals surface area contributed by atoms with Gasteiger partial charge < -0.3 is 9.87 Å². The number of para-hydroxylation sites is 1. The van der Waals surface area contributed by atoms with Crippen LogP contribution in [0.3, 0.4) is 0 Å². The summed E-state index contributed by atoms with van der Waals surface area (Å²) in [6.45, 7) is 1.88. The molecule has 0 saturated carbocycles. The van der Waals surface area contributed by atoms with Crippen LogP contribution in [0.1, 0.15) is 34.5 Å². The minimum absolute atomic E-state index is 0.247. The predicted molar refractivity (Wildman–Crippen MR) is 137 cm³/mol. The van der Waals surface area contributed by atoms with Gasteiger partial charge >= 0.3 is 0 Å². The molecule has 0 aliphatic carbocycles. The largest absolute Gasteiger partial charge is 0.755 e. The lowest BCUT2D eigenvalue weighted by Crippen LogP contribution is -2.29. The van der Waals surface area contributed by atoms with Crippen molar-refractivity contribution in [2.75, 3.05) is 4.31 Å². The first kappa shape index (κ1) is 23.3. The number of rotatable bonds is 7. The maximum atomic E-state index is 13.3. The number of carbonyl (C=O) groups is 1. The van der Waals surface area contributed by atoms with Crippen LogP contribution in [0.15, 0.2) is 79.1 Å². The number of alkyl halides is 1. The molecule has 168 valence electrons. The minimum atomic E-state index is -2.71. The van der Waals surface area contributed by atoms with Crippen LogP contribution in [0, 0.1) is 0 Å². The lowest BCUT2D eigenvalue weighted by atomic mass is 10.1. The van der Waals surface area contributed by atoms with E-state index in [1.807, 2.05) is 43.3 Å². The van der Waals surface area contributed by atoms with Crippen LogP contribution in [-0.4, -0.2) is 24.6 Å². The van der Waals surface area contributed by atoms with E-state index in [4.69, 9.17) is 0 Å². The normalized spacial score (nSPS) is 12.8. The fraction of sp³-hybridized carbons (Fsp3) is 0.125. The Labute approximate surface area is 207 Å². The summed E-state index contributed by atoms with van der Waals surface area (Å²) in [6, 6.07) is 19.7. The van der Waals surface area contributed by atoms with Crippen molar-refractivity contribution in [1.82, 2.24) is 15.3 Å².